The van der Waals surface area contributed by atoms with Gasteiger partial charge in [-0.05, 0) is 43.6 Å². The lowest BCUT2D eigenvalue weighted by atomic mass is 9.69. The Kier molecular flexibility index (Phi) is 4.90. The summed E-state index contributed by atoms with van der Waals surface area (Å²) in [6.45, 7) is 11.6. The van der Waals surface area contributed by atoms with Crippen LogP contribution in [0.2, 0.25) is 0 Å². The Balaban J connectivity index is 2.05. The van der Waals surface area contributed by atoms with E-state index in [4.69, 9.17) is 0 Å². The molecule has 20 heavy (non-hydrogen) atoms. The summed E-state index contributed by atoms with van der Waals surface area (Å²) in [5.74, 6) is 0.796. The standard InChI is InChI=1S/C19H31N/c1-14-10-12-16(13-11-14)15(2)20-18-9-7-6-8-17(18)19(3,4)5/h10-13,15,17-18,20H,6-9H2,1-5H3/t15-,17?,18?/m1/s1. The van der Waals surface area contributed by atoms with E-state index in [2.05, 4.69) is 64.2 Å². The topological polar surface area (TPSA) is 12.0 Å². The third kappa shape index (κ3) is 3.85. The van der Waals surface area contributed by atoms with E-state index in [1.807, 2.05) is 0 Å². The maximum atomic E-state index is 3.91. The van der Waals surface area contributed by atoms with E-state index >= 15 is 0 Å². The van der Waals surface area contributed by atoms with E-state index in [9.17, 15) is 0 Å². The molecule has 0 radical (unpaired) electrons. The molecule has 0 aliphatic heterocycles. The number of hydrogen-bond donors (Lipinski definition) is 1. The van der Waals surface area contributed by atoms with Crippen LogP contribution in [-0.4, -0.2) is 6.04 Å². The predicted octanol–water partition coefficient (Wildman–Crippen LogP) is 5.25. The van der Waals surface area contributed by atoms with Crippen molar-refractivity contribution in [3.8, 4) is 0 Å². The van der Waals surface area contributed by atoms with Crippen molar-refractivity contribution in [2.24, 2.45) is 11.3 Å². The monoisotopic (exact) mass is 273 g/mol. The molecule has 112 valence electrons. The molecular formula is C19H31N. The molecule has 3 atom stereocenters. The van der Waals surface area contributed by atoms with Gasteiger partial charge in [0, 0.05) is 12.1 Å². The molecule has 0 aromatic heterocycles. The molecule has 0 saturated heterocycles. The second-order valence-corrected chi connectivity index (χ2v) is 7.66. The van der Waals surface area contributed by atoms with Crippen molar-refractivity contribution >= 4 is 0 Å². The fraction of sp³-hybridized carbons (Fsp3) is 0.684. The molecule has 0 spiro atoms. The Morgan fingerprint density at radius 2 is 1.65 bits per heavy atom. The first-order valence-electron chi connectivity index (χ1n) is 8.20. The van der Waals surface area contributed by atoms with Crippen molar-refractivity contribution in [2.45, 2.75) is 72.4 Å². The summed E-state index contributed by atoms with van der Waals surface area (Å²) in [5.41, 5.74) is 3.16. The highest BCUT2D eigenvalue weighted by Gasteiger charge is 2.34. The molecule has 1 aliphatic rings. The Hall–Kier alpha value is -0.820. The van der Waals surface area contributed by atoms with E-state index in [0.29, 0.717) is 17.5 Å². The van der Waals surface area contributed by atoms with Gasteiger partial charge in [0.15, 0.2) is 0 Å². The summed E-state index contributed by atoms with van der Waals surface area (Å²) in [7, 11) is 0. The molecule has 0 bridgehead atoms. The summed E-state index contributed by atoms with van der Waals surface area (Å²) in [6.07, 6.45) is 5.49. The number of aryl methyl sites for hydroxylation is 1. The molecule has 1 heteroatoms. The smallest absolute Gasteiger partial charge is 0.0294 e. The summed E-state index contributed by atoms with van der Waals surface area (Å²) in [6, 6.07) is 10.1. The fourth-order valence-electron chi connectivity index (χ4n) is 3.64. The van der Waals surface area contributed by atoms with Gasteiger partial charge >= 0.3 is 0 Å². The van der Waals surface area contributed by atoms with Crippen LogP contribution in [-0.2, 0) is 0 Å². The highest BCUT2D eigenvalue weighted by molar-refractivity contribution is 5.23. The quantitative estimate of drug-likeness (QED) is 0.793. The van der Waals surface area contributed by atoms with E-state index in [1.165, 1.54) is 36.8 Å². The number of nitrogens with one attached hydrogen (secondary N) is 1. The largest absolute Gasteiger partial charge is 0.307 e. The van der Waals surface area contributed by atoms with Crippen LogP contribution in [0.1, 0.15) is 70.5 Å². The third-order valence-electron chi connectivity index (χ3n) is 4.92. The maximum Gasteiger partial charge on any atom is 0.0294 e. The number of benzene rings is 1. The SMILES string of the molecule is Cc1ccc([C@@H](C)NC2CCCCC2C(C)(C)C)cc1. The van der Waals surface area contributed by atoms with Crippen molar-refractivity contribution in [3.63, 3.8) is 0 Å². The minimum Gasteiger partial charge on any atom is -0.307 e. The van der Waals surface area contributed by atoms with E-state index in [1.54, 1.807) is 0 Å². The zero-order valence-electron chi connectivity index (χ0n) is 13.9. The van der Waals surface area contributed by atoms with Crippen LogP contribution >= 0.6 is 0 Å². The highest BCUT2D eigenvalue weighted by Crippen LogP contribution is 2.38. The van der Waals surface area contributed by atoms with Crippen molar-refractivity contribution in [3.05, 3.63) is 35.4 Å². The number of hydrogen-bond acceptors (Lipinski definition) is 1. The fourth-order valence-corrected chi connectivity index (χ4v) is 3.64. The van der Waals surface area contributed by atoms with Gasteiger partial charge in [-0.15, -0.1) is 0 Å². The molecule has 2 unspecified atom stereocenters. The average Bonchev–Trinajstić information content (AvgIpc) is 2.38. The van der Waals surface area contributed by atoms with Crippen LogP contribution in [0.5, 0.6) is 0 Å². The van der Waals surface area contributed by atoms with Crippen LogP contribution in [0.15, 0.2) is 24.3 Å². The Morgan fingerprint density at radius 1 is 1.05 bits per heavy atom. The van der Waals surface area contributed by atoms with Gasteiger partial charge in [-0.1, -0.05) is 63.4 Å². The predicted molar refractivity (Wildman–Crippen MR) is 87.9 cm³/mol. The molecule has 1 saturated carbocycles. The molecular weight excluding hydrogens is 242 g/mol. The van der Waals surface area contributed by atoms with Gasteiger partial charge < -0.3 is 5.32 Å². The van der Waals surface area contributed by atoms with Gasteiger partial charge in [0.05, 0.1) is 0 Å². The minimum absolute atomic E-state index is 0.408. The normalized spacial score (nSPS) is 25.4. The van der Waals surface area contributed by atoms with Gasteiger partial charge in [-0.3, -0.25) is 0 Å². The molecule has 1 aromatic rings. The van der Waals surface area contributed by atoms with Crippen LogP contribution in [0.4, 0.5) is 0 Å². The lowest BCUT2D eigenvalue weighted by Gasteiger charge is -2.42. The second kappa shape index (κ2) is 6.30. The van der Waals surface area contributed by atoms with Crippen LogP contribution < -0.4 is 5.32 Å². The van der Waals surface area contributed by atoms with Gasteiger partial charge in [-0.25, -0.2) is 0 Å². The van der Waals surface area contributed by atoms with E-state index in [0.717, 1.165) is 5.92 Å². The Bertz CT molecular complexity index is 412. The third-order valence-corrected chi connectivity index (χ3v) is 4.92. The highest BCUT2D eigenvalue weighted by atomic mass is 15.0. The summed E-state index contributed by atoms with van der Waals surface area (Å²) in [4.78, 5) is 0. The lowest BCUT2D eigenvalue weighted by Crippen LogP contribution is -2.45. The van der Waals surface area contributed by atoms with Crippen LogP contribution in [0, 0.1) is 18.3 Å². The summed E-state index contributed by atoms with van der Waals surface area (Å²) < 4.78 is 0. The second-order valence-electron chi connectivity index (χ2n) is 7.66. The van der Waals surface area contributed by atoms with Crippen LogP contribution in [0.25, 0.3) is 0 Å². The molecule has 1 aromatic carbocycles. The first-order chi connectivity index (χ1) is 9.38. The molecule has 1 aliphatic carbocycles. The summed E-state index contributed by atoms with van der Waals surface area (Å²) in [5, 5.41) is 3.91. The van der Waals surface area contributed by atoms with Crippen molar-refractivity contribution in [1.29, 1.82) is 0 Å². The van der Waals surface area contributed by atoms with Crippen LogP contribution in [0.3, 0.4) is 0 Å². The Morgan fingerprint density at radius 3 is 2.25 bits per heavy atom. The average molecular weight is 273 g/mol. The molecule has 1 fully saturated rings. The van der Waals surface area contributed by atoms with Crippen molar-refractivity contribution in [1.82, 2.24) is 5.32 Å². The van der Waals surface area contributed by atoms with E-state index < -0.39 is 0 Å². The number of rotatable bonds is 3. The minimum atomic E-state index is 0.408. The van der Waals surface area contributed by atoms with Gasteiger partial charge in [-0.2, -0.15) is 0 Å². The van der Waals surface area contributed by atoms with Crippen molar-refractivity contribution in [2.75, 3.05) is 0 Å². The van der Waals surface area contributed by atoms with Gasteiger partial charge in [0.2, 0.25) is 0 Å². The maximum absolute atomic E-state index is 3.91. The first kappa shape index (κ1) is 15.6. The van der Waals surface area contributed by atoms with Crippen molar-refractivity contribution < 1.29 is 0 Å². The Labute approximate surface area is 125 Å². The molecule has 0 amide bonds. The zero-order chi connectivity index (χ0) is 14.8. The van der Waals surface area contributed by atoms with Gasteiger partial charge in [0.1, 0.15) is 0 Å². The van der Waals surface area contributed by atoms with Gasteiger partial charge in [0.25, 0.3) is 0 Å². The molecule has 0 heterocycles. The molecule has 1 N–H and O–H groups in total. The lowest BCUT2D eigenvalue weighted by molar-refractivity contribution is 0.124. The molecule has 2 rings (SSSR count). The molecule has 1 nitrogen and oxygen atoms in total. The van der Waals surface area contributed by atoms with E-state index in [-0.39, 0.29) is 0 Å². The summed E-state index contributed by atoms with van der Waals surface area (Å²) >= 11 is 0. The zero-order valence-corrected chi connectivity index (χ0v) is 13.9. The first-order valence-corrected chi connectivity index (χ1v) is 8.20.